The largest absolute Gasteiger partial charge is 0.444 e. The van der Waals surface area contributed by atoms with Gasteiger partial charge in [-0.05, 0) is 44.5 Å². The van der Waals surface area contributed by atoms with Crippen LogP contribution in [0.3, 0.4) is 0 Å². The molecule has 1 aromatic rings. The topological polar surface area (TPSA) is 64.6 Å². The predicted octanol–water partition coefficient (Wildman–Crippen LogP) is 4.84. The molecule has 0 saturated carbocycles. The molecular formula is C20H23NO4S4. The van der Waals surface area contributed by atoms with Crippen LogP contribution in [0.15, 0.2) is 30.3 Å². The Morgan fingerprint density at radius 3 is 2.59 bits per heavy atom. The van der Waals surface area contributed by atoms with Crippen LogP contribution < -0.4 is 10.1 Å². The molecule has 2 unspecified atom stereocenters. The summed E-state index contributed by atoms with van der Waals surface area (Å²) in [4.78, 5) is 25.8. The van der Waals surface area contributed by atoms with E-state index in [1.54, 1.807) is 54.5 Å². The molecule has 0 radical (unpaired) electrons. The Morgan fingerprint density at radius 2 is 2.03 bits per heavy atom. The summed E-state index contributed by atoms with van der Waals surface area (Å²) in [7, 11) is 3.34. The third-order valence-corrected chi connectivity index (χ3v) is 7.60. The second-order valence-corrected chi connectivity index (χ2v) is 11.3. The van der Waals surface area contributed by atoms with Gasteiger partial charge in [-0.3, -0.25) is 0 Å². The van der Waals surface area contributed by atoms with Gasteiger partial charge in [0.2, 0.25) is 0 Å². The number of terminal acetylenes is 1. The summed E-state index contributed by atoms with van der Waals surface area (Å²) in [5.74, 6) is 3.02. The van der Waals surface area contributed by atoms with E-state index in [-0.39, 0.29) is 10.3 Å². The predicted molar refractivity (Wildman–Crippen MR) is 127 cm³/mol. The van der Waals surface area contributed by atoms with Gasteiger partial charge in [-0.25, -0.2) is 9.59 Å². The minimum atomic E-state index is -0.877. The standard InChI is InChI=1S/C20H23NO4S4/c1-5-10-27-12-15(21-19(23)25-20(2,3)4)18(22)24-14-8-6-13(7-9-14)16-11-17(26)29-28-16/h1,6-9,11,15,17,26H,10,12H2,2-4H3,(H,21,23). The Labute approximate surface area is 189 Å². The summed E-state index contributed by atoms with van der Waals surface area (Å²) in [6, 6.07) is 6.35. The molecular weight excluding hydrogens is 446 g/mol. The molecule has 0 bridgehead atoms. The van der Waals surface area contributed by atoms with Crippen molar-refractivity contribution >= 4 is 62.9 Å². The molecule has 0 aliphatic carbocycles. The SMILES string of the molecule is C#CCSCC(NC(=O)OC(C)(C)C)C(=O)Oc1ccc(C2=CC(S)SS2)cc1. The van der Waals surface area contributed by atoms with Gasteiger partial charge in [0.25, 0.3) is 0 Å². The maximum atomic E-state index is 12.6. The first-order chi connectivity index (χ1) is 13.7. The molecule has 0 aromatic heterocycles. The van der Waals surface area contributed by atoms with E-state index in [1.165, 1.54) is 11.8 Å². The van der Waals surface area contributed by atoms with E-state index < -0.39 is 23.7 Å². The maximum Gasteiger partial charge on any atom is 0.408 e. The van der Waals surface area contributed by atoms with E-state index in [9.17, 15) is 9.59 Å². The lowest BCUT2D eigenvalue weighted by Crippen LogP contribution is -2.46. The molecule has 1 aromatic carbocycles. The van der Waals surface area contributed by atoms with E-state index in [4.69, 9.17) is 15.9 Å². The summed E-state index contributed by atoms with van der Waals surface area (Å²) in [5.41, 5.74) is 0.365. The van der Waals surface area contributed by atoms with Crippen molar-refractivity contribution in [3.63, 3.8) is 0 Å². The van der Waals surface area contributed by atoms with Crippen molar-refractivity contribution in [2.45, 2.75) is 37.0 Å². The molecule has 0 fully saturated rings. The summed E-state index contributed by atoms with van der Waals surface area (Å²) in [6.45, 7) is 5.25. The quantitative estimate of drug-likeness (QED) is 0.148. The van der Waals surface area contributed by atoms with Crippen LogP contribution in [0.2, 0.25) is 0 Å². The second kappa shape index (κ2) is 11.2. The second-order valence-electron chi connectivity index (χ2n) is 6.96. The Kier molecular flexibility index (Phi) is 9.21. The highest BCUT2D eigenvalue weighted by atomic mass is 33.1. The molecule has 0 spiro atoms. The van der Waals surface area contributed by atoms with Crippen molar-refractivity contribution in [2.75, 3.05) is 11.5 Å². The molecule has 1 heterocycles. The number of hydrogen-bond acceptors (Lipinski definition) is 8. The highest BCUT2D eigenvalue weighted by Gasteiger charge is 2.26. The van der Waals surface area contributed by atoms with Crippen LogP contribution in [0.4, 0.5) is 4.79 Å². The first-order valence-corrected chi connectivity index (χ1v) is 12.6. The first-order valence-electron chi connectivity index (χ1n) is 8.74. The first kappa shape index (κ1) is 23.9. The molecule has 0 saturated heterocycles. The van der Waals surface area contributed by atoms with E-state index in [0.29, 0.717) is 11.5 Å². The number of carbonyl (C=O) groups is 2. The number of thiol groups is 1. The zero-order valence-corrected chi connectivity index (χ0v) is 19.7. The van der Waals surface area contributed by atoms with Crippen LogP contribution in [0.25, 0.3) is 4.91 Å². The molecule has 1 aliphatic heterocycles. The fourth-order valence-electron chi connectivity index (χ4n) is 2.16. The van der Waals surface area contributed by atoms with Crippen LogP contribution in [-0.2, 0) is 9.53 Å². The zero-order chi connectivity index (χ0) is 21.4. The fraction of sp³-hybridized carbons (Fsp3) is 0.400. The van der Waals surface area contributed by atoms with E-state index in [2.05, 4.69) is 29.9 Å². The van der Waals surface area contributed by atoms with E-state index in [0.717, 1.165) is 10.5 Å². The molecule has 2 atom stereocenters. The van der Waals surface area contributed by atoms with Crippen LogP contribution in [0.1, 0.15) is 26.3 Å². The average Bonchev–Trinajstić information content (AvgIpc) is 3.06. The van der Waals surface area contributed by atoms with Gasteiger partial charge in [0.05, 0.1) is 10.3 Å². The van der Waals surface area contributed by atoms with Gasteiger partial charge in [0, 0.05) is 10.7 Å². The Hall–Kier alpha value is -1.34. The summed E-state index contributed by atoms with van der Waals surface area (Å²) >= 11 is 5.77. The minimum Gasteiger partial charge on any atom is -0.444 e. The Bertz CT molecular complexity index is 796. The van der Waals surface area contributed by atoms with Gasteiger partial charge in [0.15, 0.2) is 0 Å². The third-order valence-electron chi connectivity index (χ3n) is 3.33. The van der Waals surface area contributed by atoms with Gasteiger partial charge >= 0.3 is 12.1 Å². The summed E-state index contributed by atoms with van der Waals surface area (Å²) in [6.07, 6.45) is 6.65. The van der Waals surface area contributed by atoms with Gasteiger partial charge in [-0.1, -0.05) is 39.6 Å². The van der Waals surface area contributed by atoms with E-state index >= 15 is 0 Å². The number of esters is 1. The molecule has 1 N–H and O–H groups in total. The summed E-state index contributed by atoms with van der Waals surface area (Å²) < 4.78 is 10.9. The lowest BCUT2D eigenvalue weighted by Gasteiger charge is -2.22. The monoisotopic (exact) mass is 469 g/mol. The van der Waals surface area contributed by atoms with Crippen LogP contribution in [0.5, 0.6) is 5.75 Å². The van der Waals surface area contributed by atoms with E-state index in [1.807, 2.05) is 12.1 Å². The third kappa shape index (κ3) is 8.51. The Morgan fingerprint density at radius 1 is 1.34 bits per heavy atom. The molecule has 1 amide bonds. The molecule has 1 aliphatic rings. The van der Waals surface area contributed by atoms with Crippen molar-refractivity contribution < 1.29 is 19.1 Å². The highest BCUT2D eigenvalue weighted by Crippen LogP contribution is 2.48. The van der Waals surface area contributed by atoms with Crippen molar-refractivity contribution in [1.29, 1.82) is 0 Å². The maximum absolute atomic E-state index is 12.6. The smallest absolute Gasteiger partial charge is 0.408 e. The lowest BCUT2D eigenvalue weighted by atomic mass is 10.2. The number of carbonyl (C=O) groups excluding carboxylic acids is 2. The zero-order valence-electron chi connectivity index (χ0n) is 16.3. The number of amides is 1. The average molecular weight is 470 g/mol. The normalized spacial score (nSPS) is 17.1. The molecule has 5 nitrogen and oxygen atoms in total. The van der Waals surface area contributed by atoms with Gasteiger partial charge in [-0.2, -0.15) is 12.6 Å². The van der Waals surface area contributed by atoms with Crippen LogP contribution >= 0.6 is 46.0 Å². The number of thioether (sulfide) groups is 1. The van der Waals surface area contributed by atoms with Crippen molar-refractivity contribution in [1.82, 2.24) is 5.32 Å². The number of alkyl carbamates (subject to hydrolysis) is 1. The number of ether oxygens (including phenoxy) is 2. The number of benzene rings is 1. The van der Waals surface area contributed by atoms with Gasteiger partial charge < -0.3 is 14.8 Å². The molecule has 156 valence electrons. The van der Waals surface area contributed by atoms with Crippen molar-refractivity contribution in [2.24, 2.45) is 0 Å². The summed E-state index contributed by atoms with van der Waals surface area (Å²) in [5, 5.41) is 2.56. The Balaban J connectivity index is 2.01. The van der Waals surface area contributed by atoms with Gasteiger partial charge in [0.1, 0.15) is 17.4 Å². The minimum absolute atomic E-state index is 0.174. The van der Waals surface area contributed by atoms with Crippen LogP contribution in [-0.4, -0.2) is 39.8 Å². The van der Waals surface area contributed by atoms with Gasteiger partial charge in [-0.15, -0.1) is 18.2 Å². The molecule has 9 heteroatoms. The lowest BCUT2D eigenvalue weighted by molar-refractivity contribution is -0.136. The molecule has 29 heavy (non-hydrogen) atoms. The van der Waals surface area contributed by atoms with Crippen molar-refractivity contribution in [3.05, 3.63) is 35.9 Å². The molecule has 2 rings (SSSR count). The van der Waals surface area contributed by atoms with Crippen molar-refractivity contribution in [3.8, 4) is 18.1 Å². The number of nitrogens with one attached hydrogen (secondary N) is 1. The number of hydrogen-bond donors (Lipinski definition) is 2. The number of rotatable bonds is 7. The highest BCUT2D eigenvalue weighted by molar-refractivity contribution is 8.82. The fourth-order valence-corrected chi connectivity index (χ4v) is 5.62. The van der Waals surface area contributed by atoms with Crippen LogP contribution in [0, 0.1) is 12.3 Å².